The molecule has 0 aromatic heterocycles. The zero-order valence-corrected chi connectivity index (χ0v) is 12.6. The molecule has 1 fully saturated rings. The Morgan fingerprint density at radius 2 is 1.90 bits per heavy atom. The van der Waals surface area contributed by atoms with Gasteiger partial charge in [0.1, 0.15) is 5.75 Å². The summed E-state index contributed by atoms with van der Waals surface area (Å²) in [5, 5.41) is 13.6. The first-order chi connectivity index (χ1) is 9.74. The van der Waals surface area contributed by atoms with Crippen LogP contribution in [-0.2, 0) is 6.42 Å². The Kier molecular flexibility index (Phi) is 4.30. The van der Waals surface area contributed by atoms with Crippen molar-refractivity contribution in [2.24, 2.45) is 5.92 Å². The predicted molar refractivity (Wildman–Crippen MR) is 83.0 cm³/mol. The molecule has 0 radical (unpaired) electrons. The second kappa shape index (κ2) is 6.17. The summed E-state index contributed by atoms with van der Waals surface area (Å²) in [6.07, 6.45) is 10.4. The Hall–Kier alpha value is -1.02. The van der Waals surface area contributed by atoms with Crippen LogP contribution in [0.1, 0.15) is 69.0 Å². The van der Waals surface area contributed by atoms with Crippen LogP contribution < -0.4 is 5.32 Å². The van der Waals surface area contributed by atoms with E-state index in [1.807, 2.05) is 12.1 Å². The Balaban J connectivity index is 1.75. The van der Waals surface area contributed by atoms with Gasteiger partial charge in [-0.05, 0) is 61.3 Å². The van der Waals surface area contributed by atoms with E-state index < -0.39 is 0 Å². The third kappa shape index (κ3) is 3.01. The van der Waals surface area contributed by atoms with E-state index in [0.29, 0.717) is 17.8 Å². The van der Waals surface area contributed by atoms with Gasteiger partial charge in [-0.2, -0.15) is 0 Å². The van der Waals surface area contributed by atoms with E-state index in [9.17, 15) is 5.11 Å². The molecule has 3 rings (SSSR count). The molecule has 1 aromatic rings. The lowest BCUT2D eigenvalue weighted by Gasteiger charge is -2.32. The van der Waals surface area contributed by atoms with E-state index >= 15 is 0 Å². The van der Waals surface area contributed by atoms with Crippen molar-refractivity contribution in [1.29, 1.82) is 0 Å². The summed E-state index contributed by atoms with van der Waals surface area (Å²) in [5.41, 5.74) is 2.76. The smallest absolute Gasteiger partial charge is 0.115 e. The van der Waals surface area contributed by atoms with Crippen LogP contribution in [-0.4, -0.2) is 11.1 Å². The Morgan fingerprint density at radius 3 is 2.80 bits per heavy atom. The van der Waals surface area contributed by atoms with Crippen molar-refractivity contribution < 1.29 is 5.11 Å². The van der Waals surface area contributed by atoms with Crippen molar-refractivity contribution in [1.82, 2.24) is 5.32 Å². The topological polar surface area (TPSA) is 32.3 Å². The number of hydrogen-bond acceptors (Lipinski definition) is 2. The summed E-state index contributed by atoms with van der Waals surface area (Å²) < 4.78 is 0. The highest BCUT2D eigenvalue weighted by Gasteiger charge is 2.26. The molecule has 2 N–H and O–H groups in total. The highest BCUT2D eigenvalue weighted by molar-refractivity contribution is 5.38. The largest absolute Gasteiger partial charge is 0.508 e. The number of phenolic OH excluding ortho intramolecular Hbond substituents is 1. The molecule has 1 aromatic carbocycles. The van der Waals surface area contributed by atoms with Crippen molar-refractivity contribution >= 4 is 0 Å². The number of rotatable bonds is 2. The fourth-order valence-electron chi connectivity index (χ4n) is 3.97. The molecule has 0 spiro atoms. The fraction of sp³-hybridized carbons (Fsp3) is 0.667. The molecule has 0 saturated heterocycles. The van der Waals surface area contributed by atoms with Gasteiger partial charge in [0.15, 0.2) is 0 Å². The summed E-state index contributed by atoms with van der Waals surface area (Å²) >= 11 is 0. The van der Waals surface area contributed by atoms with Gasteiger partial charge < -0.3 is 10.4 Å². The van der Waals surface area contributed by atoms with Crippen molar-refractivity contribution in [2.45, 2.75) is 70.4 Å². The highest BCUT2D eigenvalue weighted by Crippen LogP contribution is 2.34. The third-order valence-electron chi connectivity index (χ3n) is 5.22. The second-order valence-electron chi connectivity index (χ2n) is 6.72. The molecule has 2 aliphatic rings. The molecule has 0 heterocycles. The quantitative estimate of drug-likeness (QED) is 0.786. The van der Waals surface area contributed by atoms with E-state index in [1.165, 1.54) is 56.1 Å². The van der Waals surface area contributed by atoms with Crippen LogP contribution in [0.4, 0.5) is 0 Å². The molecule has 2 nitrogen and oxygen atoms in total. The monoisotopic (exact) mass is 273 g/mol. The van der Waals surface area contributed by atoms with Crippen LogP contribution >= 0.6 is 0 Å². The highest BCUT2D eigenvalue weighted by atomic mass is 16.3. The number of nitrogens with one attached hydrogen (secondary N) is 1. The van der Waals surface area contributed by atoms with Gasteiger partial charge in [0, 0.05) is 12.1 Å². The molecule has 0 amide bonds. The van der Waals surface area contributed by atoms with E-state index in [0.717, 1.165) is 12.3 Å². The van der Waals surface area contributed by atoms with E-state index in [4.69, 9.17) is 0 Å². The minimum Gasteiger partial charge on any atom is -0.508 e. The first-order valence-electron chi connectivity index (χ1n) is 8.32. The molecule has 110 valence electrons. The van der Waals surface area contributed by atoms with Gasteiger partial charge in [0.2, 0.25) is 0 Å². The zero-order chi connectivity index (χ0) is 13.9. The SMILES string of the molecule is CC1CCCCCC1NC1CCCc2cc(O)ccc21. The van der Waals surface area contributed by atoms with Crippen LogP contribution in [0.25, 0.3) is 0 Å². The van der Waals surface area contributed by atoms with E-state index in [2.05, 4.69) is 18.3 Å². The summed E-state index contributed by atoms with van der Waals surface area (Å²) in [5.74, 6) is 1.20. The maximum absolute atomic E-state index is 9.65. The van der Waals surface area contributed by atoms with Crippen LogP contribution in [0.3, 0.4) is 0 Å². The minimum absolute atomic E-state index is 0.409. The summed E-state index contributed by atoms with van der Waals surface area (Å²) in [6.45, 7) is 2.41. The van der Waals surface area contributed by atoms with Crippen LogP contribution in [0.2, 0.25) is 0 Å². The average Bonchev–Trinajstić information content (AvgIpc) is 2.64. The zero-order valence-electron chi connectivity index (χ0n) is 12.6. The number of hydrogen-bond donors (Lipinski definition) is 2. The number of phenols is 1. The standard InChI is InChI=1S/C18H27NO/c1-13-6-3-2-4-8-17(13)19-18-9-5-7-14-12-15(20)10-11-16(14)18/h10-13,17-20H,2-9H2,1H3. The number of aryl methyl sites for hydroxylation is 1. The lowest BCUT2D eigenvalue weighted by molar-refractivity contribution is 0.305. The second-order valence-corrected chi connectivity index (χ2v) is 6.72. The van der Waals surface area contributed by atoms with Crippen molar-refractivity contribution in [3.05, 3.63) is 29.3 Å². The summed E-state index contributed by atoms with van der Waals surface area (Å²) in [4.78, 5) is 0. The first-order valence-corrected chi connectivity index (χ1v) is 8.32. The molecule has 3 atom stereocenters. The van der Waals surface area contributed by atoms with Gasteiger partial charge in [0.05, 0.1) is 0 Å². The van der Waals surface area contributed by atoms with Gasteiger partial charge in [-0.3, -0.25) is 0 Å². The summed E-state index contributed by atoms with van der Waals surface area (Å²) in [6, 6.07) is 7.09. The molecule has 1 saturated carbocycles. The molecule has 0 bridgehead atoms. The average molecular weight is 273 g/mol. The van der Waals surface area contributed by atoms with Gasteiger partial charge in [-0.15, -0.1) is 0 Å². The maximum Gasteiger partial charge on any atom is 0.115 e. The van der Waals surface area contributed by atoms with Gasteiger partial charge >= 0.3 is 0 Å². The third-order valence-corrected chi connectivity index (χ3v) is 5.22. The lowest BCUT2D eigenvalue weighted by Crippen LogP contribution is -2.38. The molecular weight excluding hydrogens is 246 g/mol. The molecule has 2 heteroatoms. The minimum atomic E-state index is 0.409. The van der Waals surface area contributed by atoms with Crippen molar-refractivity contribution in [3.63, 3.8) is 0 Å². The van der Waals surface area contributed by atoms with Crippen LogP contribution in [0.15, 0.2) is 18.2 Å². The Morgan fingerprint density at radius 1 is 1.05 bits per heavy atom. The van der Waals surface area contributed by atoms with Crippen molar-refractivity contribution in [2.75, 3.05) is 0 Å². The number of fused-ring (bicyclic) bond motifs is 1. The van der Waals surface area contributed by atoms with Gasteiger partial charge in [-0.1, -0.05) is 32.3 Å². The normalized spacial score (nSPS) is 30.6. The molecule has 20 heavy (non-hydrogen) atoms. The number of aromatic hydroxyl groups is 1. The Labute approximate surface area is 122 Å². The first kappa shape index (κ1) is 13.9. The summed E-state index contributed by atoms with van der Waals surface area (Å²) in [7, 11) is 0. The maximum atomic E-state index is 9.65. The fourth-order valence-corrected chi connectivity index (χ4v) is 3.97. The molecule has 3 unspecified atom stereocenters. The van der Waals surface area contributed by atoms with Gasteiger partial charge in [0.25, 0.3) is 0 Å². The predicted octanol–water partition coefficient (Wildman–Crippen LogP) is 4.33. The van der Waals surface area contributed by atoms with E-state index in [1.54, 1.807) is 0 Å². The lowest BCUT2D eigenvalue weighted by atomic mass is 9.86. The van der Waals surface area contributed by atoms with Crippen LogP contribution in [0, 0.1) is 5.92 Å². The molecular formula is C18H27NO. The van der Waals surface area contributed by atoms with Crippen LogP contribution in [0.5, 0.6) is 5.75 Å². The van der Waals surface area contributed by atoms with E-state index in [-0.39, 0.29) is 0 Å². The number of benzene rings is 1. The van der Waals surface area contributed by atoms with Gasteiger partial charge in [-0.25, -0.2) is 0 Å². The Bertz CT molecular complexity index is 457. The molecule has 0 aliphatic heterocycles. The van der Waals surface area contributed by atoms with Crippen molar-refractivity contribution in [3.8, 4) is 5.75 Å². The molecule has 2 aliphatic carbocycles.